The van der Waals surface area contributed by atoms with Crippen molar-refractivity contribution >= 4 is 5.91 Å². The van der Waals surface area contributed by atoms with Crippen molar-refractivity contribution in [3.05, 3.63) is 82.4 Å². The minimum atomic E-state index is -0.321. The van der Waals surface area contributed by atoms with Crippen LogP contribution < -0.4 is 10.1 Å². The van der Waals surface area contributed by atoms with Crippen molar-refractivity contribution in [3.8, 4) is 5.75 Å². The maximum absolute atomic E-state index is 13.4. The van der Waals surface area contributed by atoms with Crippen molar-refractivity contribution in [2.45, 2.75) is 32.9 Å². The van der Waals surface area contributed by atoms with Gasteiger partial charge in [0.15, 0.2) is 5.69 Å². The molecule has 0 bridgehead atoms. The number of methoxy groups -OCH3 is 1. The van der Waals surface area contributed by atoms with Crippen LogP contribution in [0.5, 0.6) is 5.75 Å². The van der Waals surface area contributed by atoms with Crippen molar-refractivity contribution in [1.82, 2.24) is 15.1 Å². The number of rotatable bonds is 6. The molecular formula is C23H24FN3O2. The molecule has 150 valence electrons. The Balaban J connectivity index is 1.80. The average Bonchev–Trinajstić information content (AvgIpc) is 3.20. The molecule has 1 N–H and O–H groups in total. The van der Waals surface area contributed by atoms with Crippen molar-refractivity contribution in [2.75, 3.05) is 7.11 Å². The standard InChI is InChI=1S/C23H24FN3O2/c1-14(2)12-18-20-21(15-8-10-17(24)11-9-15)25-23(28)22(20)26-27(18)13-16-6-4-5-7-19(16)29-3/h4-11,14,21H,12-13H2,1-3H3,(H,25,28). The second kappa shape index (κ2) is 7.70. The Bertz CT molecular complexity index is 1040. The fourth-order valence-electron chi connectivity index (χ4n) is 3.89. The van der Waals surface area contributed by atoms with Gasteiger partial charge in [-0.25, -0.2) is 4.39 Å². The summed E-state index contributed by atoms with van der Waals surface area (Å²) in [5.41, 5.74) is 4.21. The van der Waals surface area contributed by atoms with Crippen LogP contribution in [-0.4, -0.2) is 22.8 Å². The minimum absolute atomic E-state index is 0.196. The number of hydrogen-bond acceptors (Lipinski definition) is 3. The number of halogens is 1. The Labute approximate surface area is 169 Å². The average molecular weight is 393 g/mol. The van der Waals surface area contributed by atoms with Crippen LogP contribution in [0.2, 0.25) is 0 Å². The molecule has 1 aliphatic rings. The quantitative estimate of drug-likeness (QED) is 0.686. The molecule has 0 spiro atoms. The van der Waals surface area contributed by atoms with Gasteiger partial charge in [-0.2, -0.15) is 5.10 Å². The van der Waals surface area contributed by atoms with Gasteiger partial charge in [-0.3, -0.25) is 9.48 Å². The predicted octanol–water partition coefficient (Wildman–Crippen LogP) is 4.11. The predicted molar refractivity (Wildman–Crippen MR) is 109 cm³/mol. The van der Waals surface area contributed by atoms with Gasteiger partial charge in [0.2, 0.25) is 0 Å². The number of benzene rings is 2. The zero-order chi connectivity index (χ0) is 20.5. The van der Waals surface area contributed by atoms with Crippen LogP contribution >= 0.6 is 0 Å². The van der Waals surface area contributed by atoms with Crippen molar-refractivity contribution in [3.63, 3.8) is 0 Å². The zero-order valence-electron chi connectivity index (χ0n) is 16.8. The van der Waals surface area contributed by atoms with Gasteiger partial charge in [0.05, 0.1) is 19.7 Å². The highest BCUT2D eigenvalue weighted by molar-refractivity contribution is 5.98. The third-order valence-electron chi connectivity index (χ3n) is 5.20. The van der Waals surface area contributed by atoms with E-state index in [4.69, 9.17) is 4.74 Å². The summed E-state index contributed by atoms with van der Waals surface area (Å²) in [4.78, 5) is 12.7. The van der Waals surface area contributed by atoms with Gasteiger partial charge in [0.25, 0.3) is 5.91 Å². The summed E-state index contributed by atoms with van der Waals surface area (Å²) < 4.78 is 20.8. The number of fused-ring (bicyclic) bond motifs is 1. The fourth-order valence-corrected chi connectivity index (χ4v) is 3.89. The van der Waals surface area contributed by atoms with Crippen LogP contribution in [0, 0.1) is 11.7 Å². The molecule has 6 heteroatoms. The lowest BCUT2D eigenvalue weighted by molar-refractivity contribution is 0.0954. The minimum Gasteiger partial charge on any atom is -0.496 e. The molecule has 1 aliphatic heterocycles. The summed E-state index contributed by atoms with van der Waals surface area (Å²) in [6.07, 6.45) is 0.782. The van der Waals surface area contributed by atoms with Gasteiger partial charge in [-0.05, 0) is 36.1 Å². The van der Waals surface area contributed by atoms with E-state index in [1.807, 2.05) is 28.9 Å². The first-order valence-corrected chi connectivity index (χ1v) is 9.75. The van der Waals surface area contributed by atoms with E-state index in [-0.39, 0.29) is 17.8 Å². The number of amides is 1. The molecule has 1 aromatic heterocycles. The van der Waals surface area contributed by atoms with Crippen molar-refractivity contribution < 1.29 is 13.9 Å². The Hall–Kier alpha value is -3.15. The molecule has 1 unspecified atom stereocenters. The summed E-state index contributed by atoms with van der Waals surface area (Å²) in [6.45, 7) is 4.80. The Morgan fingerprint density at radius 2 is 1.90 bits per heavy atom. The number of ether oxygens (including phenoxy) is 1. The molecule has 1 atom stereocenters. The van der Waals surface area contributed by atoms with Crippen LogP contribution in [0.4, 0.5) is 4.39 Å². The third-order valence-corrected chi connectivity index (χ3v) is 5.20. The van der Waals surface area contributed by atoms with E-state index in [1.165, 1.54) is 12.1 Å². The van der Waals surface area contributed by atoms with Crippen LogP contribution in [0.3, 0.4) is 0 Å². The number of carbonyl (C=O) groups excluding carboxylic acids is 1. The molecule has 29 heavy (non-hydrogen) atoms. The van der Waals surface area contributed by atoms with E-state index in [1.54, 1.807) is 19.2 Å². The highest BCUT2D eigenvalue weighted by Gasteiger charge is 2.37. The lowest BCUT2D eigenvalue weighted by Crippen LogP contribution is -2.23. The van der Waals surface area contributed by atoms with E-state index in [2.05, 4.69) is 24.3 Å². The van der Waals surface area contributed by atoms with E-state index in [9.17, 15) is 9.18 Å². The van der Waals surface area contributed by atoms with Gasteiger partial charge >= 0.3 is 0 Å². The summed E-state index contributed by atoms with van der Waals surface area (Å²) in [5, 5.41) is 7.66. The maximum atomic E-state index is 13.4. The summed E-state index contributed by atoms with van der Waals surface area (Å²) in [6, 6.07) is 13.8. The second-order valence-corrected chi connectivity index (χ2v) is 7.73. The van der Waals surface area contributed by atoms with Crippen LogP contribution in [0.15, 0.2) is 48.5 Å². The maximum Gasteiger partial charge on any atom is 0.272 e. The number of para-hydroxylation sites is 1. The Morgan fingerprint density at radius 1 is 1.17 bits per heavy atom. The number of nitrogens with zero attached hydrogens (tertiary/aromatic N) is 2. The van der Waals surface area contributed by atoms with Crippen LogP contribution in [0.1, 0.15) is 52.8 Å². The number of carbonyl (C=O) groups is 1. The summed E-state index contributed by atoms with van der Waals surface area (Å²) in [7, 11) is 1.65. The molecular weight excluding hydrogens is 369 g/mol. The summed E-state index contributed by atoms with van der Waals surface area (Å²) in [5.74, 6) is 0.681. The molecule has 2 heterocycles. The lowest BCUT2D eigenvalue weighted by Gasteiger charge is -2.18. The Morgan fingerprint density at radius 3 is 2.59 bits per heavy atom. The SMILES string of the molecule is COc1ccccc1Cn1nc2c(c1CC(C)C)C(c1ccc(F)cc1)NC2=O. The normalized spacial score (nSPS) is 15.5. The highest BCUT2D eigenvalue weighted by Crippen LogP contribution is 2.35. The number of nitrogens with one attached hydrogen (secondary N) is 1. The molecule has 4 rings (SSSR count). The first-order chi connectivity index (χ1) is 14.0. The van der Waals surface area contributed by atoms with Crippen molar-refractivity contribution in [2.24, 2.45) is 5.92 Å². The molecule has 1 amide bonds. The molecule has 0 fully saturated rings. The largest absolute Gasteiger partial charge is 0.496 e. The van der Waals surface area contributed by atoms with E-state index >= 15 is 0 Å². The first-order valence-electron chi connectivity index (χ1n) is 9.75. The van der Waals surface area contributed by atoms with Gasteiger partial charge in [0.1, 0.15) is 11.6 Å². The number of hydrogen-bond donors (Lipinski definition) is 1. The highest BCUT2D eigenvalue weighted by atomic mass is 19.1. The van der Waals surface area contributed by atoms with Gasteiger partial charge in [-0.15, -0.1) is 0 Å². The molecule has 3 aromatic rings. The summed E-state index contributed by atoms with van der Waals surface area (Å²) >= 11 is 0. The van der Waals surface area contributed by atoms with Crippen LogP contribution in [-0.2, 0) is 13.0 Å². The zero-order valence-corrected chi connectivity index (χ0v) is 16.8. The fraction of sp³-hybridized carbons (Fsp3) is 0.304. The molecule has 0 aliphatic carbocycles. The first kappa shape index (κ1) is 19.2. The molecule has 0 saturated carbocycles. The molecule has 0 radical (unpaired) electrons. The molecule has 5 nitrogen and oxygen atoms in total. The second-order valence-electron chi connectivity index (χ2n) is 7.73. The van der Waals surface area contributed by atoms with Gasteiger partial charge in [0, 0.05) is 16.8 Å². The monoisotopic (exact) mass is 393 g/mol. The van der Waals surface area contributed by atoms with E-state index in [0.717, 1.165) is 34.6 Å². The molecule has 0 saturated heterocycles. The van der Waals surface area contributed by atoms with Crippen LogP contribution in [0.25, 0.3) is 0 Å². The lowest BCUT2D eigenvalue weighted by atomic mass is 9.95. The van der Waals surface area contributed by atoms with Crippen molar-refractivity contribution in [1.29, 1.82) is 0 Å². The topological polar surface area (TPSA) is 56.1 Å². The smallest absolute Gasteiger partial charge is 0.272 e. The Kier molecular flexibility index (Phi) is 5.09. The van der Waals surface area contributed by atoms with Gasteiger partial charge in [-0.1, -0.05) is 44.2 Å². The van der Waals surface area contributed by atoms with E-state index < -0.39 is 0 Å². The molecule has 2 aromatic carbocycles. The number of aromatic nitrogens is 2. The van der Waals surface area contributed by atoms with Gasteiger partial charge < -0.3 is 10.1 Å². The third kappa shape index (κ3) is 3.62. The van der Waals surface area contributed by atoms with E-state index in [0.29, 0.717) is 18.2 Å².